The van der Waals surface area contributed by atoms with Crippen LogP contribution in [0.15, 0.2) is 0 Å². The van der Waals surface area contributed by atoms with Gasteiger partial charge < -0.3 is 9.72 Å². The van der Waals surface area contributed by atoms with E-state index in [1.54, 1.807) is 4.90 Å². The molecular weight excluding hydrogens is 369 g/mol. The minimum Gasteiger partial charge on any atom is -0.444 e. The smallest absolute Gasteiger partial charge is 0.410 e. The van der Waals surface area contributed by atoms with Gasteiger partial charge in [-0.05, 0) is 62.6 Å². The van der Waals surface area contributed by atoms with Crippen LogP contribution in [0.1, 0.15) is 51.7 Å². The van der Waals surface area contributed by atoms with E-state index in [1.165, 1.54) is 0 Å². The highest BCUT2D eigenvalue weighted by Gasteiger charge is 2.38. The van der Waals surface area contributed by atoms with Crippen molar-refractivity contribution < 1.29 is 9.53 Å². The minimum absolute atomic E-state index is 0.0120. The molecule has 112 valence electrons. The molecule has 0 saturated carbocycles. The van der Waals surface area contributed by atoms with Crippen molar-refractivity contribution in [2.45, 2.75) is 52.7 Å². The van der Waals surface area contributed by atoms with E-state index >= 15 is 0 Å². The number of carbonyl (C=O) groups excluding carboxylic acids is 1. The van der Waals surface area contributed by atoms with Crippen LogP contribution in [0.3, 0.4) is 0 Å². The van der Waals surface area contributed by atoms with Gasteiger partial charge in [0, 0.05) is 12.2 Å². The Morgan fingerprint density at radius 1 is 1.50 bits per heavy atom. The van der Waals surface area contributed by atoms with Crippen molar-refractivity contribution in [1.29, 1.82) is 0 Å². The Hall–Kier alpha value is -0.790. The average molecular weight is 391 g/mol. The zero-order chi connectivity index (χ0) is 15.1. The molecule has 0 radical (unpaired) electrons. The second-order valence-electron chi connectivity index (χ2n) is 6.53. The summed E-state index contributed by atoms with van der Waals surface area (Å²) in [6.45, 7) is 10.5. The van der Waals surface area contributed by atoms with Gasteiger partial charge in [-0.15, -0.1) is 0 Å². The molecule has 5 nitrogen and oxygen atoms in total. The lowest BCUT2D eigenvalue weighted by Crippen LogP contribution is -2.37. The van der Waals surface area contributed by atoms with Crippen LogP contribution in [-0.2, 0) is 4.74 Å². The summed E-state index contributed by atoms with van der Waals surface area (Å²) < 4.78 is 6.46. The van der Waals surface area contributed by atoms with Crippen molar-refractivity contribution in [3.05, 3.63) is 15.2 Å². The molecule has 1 aromatic rings. The van der Waals surface area contributed by atoms with Crippen LogP contribution in [0.2, 0.25) is 0 Å². The number of ether oxygens (including phenoxy) is 1. The summed E-state index contributed by atoms with van der Waals surface area (Å²) in [7, 11) is 0. The van der Waals surface area contributed by atoms with Crippen LogP contribution in [0, 0.1) is 16.5 Å². The maximum Gasteiger partial charge on any atom is 0.410 e. The van der Waals surface area contributed by atoms with E-state index < -0.39 is 5.60 Å². The number of hydrogen-bond acceptors (Lipinski definition) is 3. The van der Waals surface area contributed by atoms with E-state index in [9.17, 15) is 4.79 Å². The first-order valence-electron chi connectivity index (χ1n) is 6.89. The Labute approximate surface area is 133 Å². The van der Waals surface area contributed by atoms with E-state index in [0.717, 1.165) is 28.2 Å². The molecular formula is C14H22IN3O2. The van der Waals surface area contributed by atoms with E-state index in [-0.39, 0.29) is 12.1 Å². The number of imidazole rings is 1. The van der Waals surface area contributed by atoms with E-state index in [0.29, 0.717) is 5.92 Å². The molecule has 2 heterocycles. The first kappa shape index (κ1) is 15.6. The van der Waals surface area contributed by atoms with Crippen molar-refractivity contribution in [3.8, 4) is 0 Å². The fourth-order valence-corrected chi connectivity index (χ4v) is 2.84. The molecule has 0 aromatic carbocycles. The van der Waals surface area contributed by atoms with Gasteiger partial charge in [0.25, 0.3) is 0 Å². The van der Waals surface area contributed by atoms with Gasteiger partial charge in [-0.3, -0.25) is 4.90 Å². The Kier molecular flexibility index (Phi) is 4.32. The number of nitrogens with zero attached hydrogens (tertiary/aromatic N) is 2. The summed E-state index contributed by atoms with van der Waals surface area (Å²) in [5.41, 5.74) is 0.574. The number of hydrogen-bond donors (Lipinski definition) is 1. The molecule has 1 aliphatic rings. The lowest BCUT2D eigenvalue weighted by molar-refractivity contribution is 0.0214. The zero-order valence-electron chi connectivity index (χ0n) is 12.7. The number of carbonyl (C=O) groups is 1. The molecule has 1 aromatic heterocycles. The van der Waals surface area contributed by atoms with Gasteiger partial charge in [0.15, 0.2) is 0 Å². The lowest BCUT2D eigenvalue weighted by atomic mass is 10.1. The molecule has 0 aliphatic carbocycles. The van der Waals surface area contributed by atoms with Crippen LogP contribution in [0.4, 0.5) is 4.79 Å². The predicted octanol–water partition coefficient (Wildman–Crippen LogP) is 3.64. The summed E-state index contributed by atoms with van der Waals surface area (Å²) in [5.74, 6) is 1.32. The number of nitrogens with one attached hydrogen (secondary N) is 1. The number of aryl methyl sites for hydroxylation is 1. The normalized spacial score (nSPS) is 23.2. The van der Waals surface area contributed by atoms with Crippen molar-refractivity contribution in [3.63, 3.8) is 0 Å². The minimum atomic E-state index is -0.471. The second-order valence-corrected chi connectivity index (χ2v) is 7.55. The van der Waals surface area contributed by atoms with Gasteiger partial charge in [-0.25, -0.2) is 9.78 Å². The van der Waals surface area contributed by atoms with Gasteiger partial charge in [-0.1, -0.05) is 6.92 Å². The van der Waals surface area contributed by atoms with Crippen LogP contribution in [-0.4, -0.2) is 33.1 Å². The van der Waals surface area contributed by atoms with Crippen molar-refractivity contribution in [1.82, 2.24) is 14.9 Å². The Balaban J connectivity index is 2.20. The Morgan fingerprint density at radius 2 is 2.15 bits per heavy atom. The third kappa shape index (κ3) is 3.45. The fourth-order valence-electron chi connectivity index (χ4n) is 2.45. The highest BCUT2D eigenvalue weighted by molar-refractivity contribution is 14.1. The summed E-state index contributed by atoms with van der Waals surface area (Å²) >= 11 is 2.21. The zero-order valence-corrected chi connectivity index (χ0v) is 14.8. The maximum absolute atomic E-state index is 12.3. The van der Waals surface area contributed by atoms with Gasteiger partial charge in [-0.2, -0.15) is 0 Å². The molecule has 2 rings (SSSR count). The molecule has 1 aliphatic heterocycles. The summed E-state index contributed by atoms with van der Waals surface area (Å²) in [4.78, 5) is 22.0. The van der Waals surface area contributed by atoms with Gasteiger partial charge >= 0.3 is 6.09 Å². The number of H-pyrrole nitrogens is 1. The van der Waals surface area contributed by atoms with Crippen LogP contribution in [0.5, 0.6) is 0 Å². The number of likely N-dealkylation sites (tertiary alicyclic amines) is 1. The number of aromatic nitrogens is 2. The largest absolute Gasteiger partial charge is 0.444 e. The Bertz CT molecular complexity index is 488. The molecule has 0 unspecified atom stereocenters. The standard InChI is InChI=1S/C14H22IN3O2/c1-8-6-10(12-16-9(2)11(15)17-12)18(7-8)13(19)20-14(3,4)5/h8,10H,6-7H2,1-5H3,(H,16,17)/t8-,10-/m0/s1. The summed E-state index contributed by atoms with van der Waals surface area (Å²) in [6, 6.07) is -0.0120. The third-order valence-electron chi connectivity index (χ3n) is 3.30. The third-order valence-corrected chi connectivity index (χ3v) is 4.35. The van der Waals surface area contributed by atoms with Crippen LogP contribution < -0.4 is 0 Å². The first-order valence-corrected chi connectivity index (χ1v) is 7.97. The maximum atomic E-state index is 12.3. The van der Waals surface area contributed by atoms with Crippen molar-refractivity contribution in [2.75, 3.05) is 6.54 Å². The molecule has 6 heteroatoms. The SMILES string of the molecule is Cc1[nH]c([C@@H]2C[C@H](C)CN2C(=O)OC(C)(C)C)nc1I. The van der Waals surface area contributed by atoms with Crippen molar-refractivity contribution in [2.24, 2.45) is 5.92 Å². The van der Waals surface area contributed by atoms with Crippen molar-refractivity contribution >= 4 is 28.7 Å². The number of rotatable bonds is 1. The highest BCUT2D eigenvalue weighted by Crippen LogP contribution is 2.35. The van der Waals surface area contributed by atoms with Gasteiger partial charge in [0.1, 0.15) is 15.1 Å². The second kappa shape index (κ2) is 5.54. The Morgan fingerprint density at radius 3 is 2.65 bits per heavy atom. The van der Waals surface area contributed by atoms with E-state index in [1.807, 2.05) is 27.7 Å². The summed E-state index contributed by atoms with van der Waals surface area (Å²) in [5, 5.41) is 0. The molecule has 1 fully saturated rings. The quantitative estimate of drug-likeness (QED) is 0.744. The molecule has 0 bridgehead atoms. The molecule has 1 N–H and O–H groups in total. The fraction of sp³-hybridized carbons (Fsp3) is 0.714. The number of aromatic amines is 1. The van der Waals surface area contributed by atoms with E-state index in [2.05, 4.69) is 39.5 Å². The highest BCUT2D eigenvalue weighted by atomic mass is 127. The monoisotopic (exact) mass is 391 g/mol. The number of halogens is 1. The molecule has 20 heavy (non-hydrogen) atoms. The summed E-state index contributed by atoms with van der Waals surface area (Å²) in [6.07, 6.45) is 0.665. The van der Waals surface area contributed by atoms with Gasteiger partial charge in [0.05, 0.1) is 6.04 Å². The van der Waals surface area contributed by atoms with E-state index in [4.69, 9.17) is 4.74 Å². The molecule has 0 spiro atoms. The average Bonchev–Trinajstić information content (AvgIpc) is 2.81. The van der Waals surface area contributed by atoms with Gasteiger partial charge in [0.2, 0.25) is 0 Å². The van der Waals surface area contributed by atoms with Crippen LogP contribution >= 0.6 is 22.6 Å². The number of amides is 1. The molecule has 1 amide bonds. The topological polar surface area (TPSA) is 58.2 Å². The molecule has 2 atom stereocenters. The molecule has 1 saturated heterocycles. The predicted molar refractivity (Wildman–Crippen MR) is 85.5 cm³/mol. The lowest BCUT2D eigenvalue weighted by Gasteiger charge is -2.27. The first-order chi connectivity index (χ1) is 9.17. The van der Waals surface area contributed by atoms with Crippen LogP contribution in [0.25, 0.3) is 0 Å².